The van der Waals surface area contributed by atoms with Gasteiger partial charge in [-0.2, -0.15) is 0 Å². The molecule has 1 aromatic rings. The van der Waals surface area contributed by atoms with Gasteiger partial charge < -0.3 is 15.1 Å². The number of benzene rings is 1. The Labute approximate surface area is 149 Å². The van der Waals surface area contributed by atoms with Crippen LogP contribution in [0, 0.1) is 0 Å². The maximum Gasteiger partial charge on any atom is 0.238 e. The first-order valence-corrected chi connectivity index (χ1v) is 9.12. The summed E-state index contributed by atoms with van der Waals surface area (Å²) in [5, 5.41) is 2.98. The molecule has 2 fully saturated rings. The van der Waals surface area contributed by atoms with Gasteiger partial charge in [0.2, 0.25) is 11.8 Å². The van der Waals surface area contributed by atoms with Crippen LogP contribution < -0.4 is 10.2 Å². The van der Waals surface area contributed by atoms with Gasteiger partial charge in [0.25, 0.3) is 0 Å². The number of hydrogen-bond acceptors (Lipinski definition) is 4. The Balaban J connectivity index is 1.57. The molecule has 1 atom stereocenters. The topological polar surface area (TPSA) is 55.9 Å². The van der Waals surface area contributed by atoms with Crippen molar-refractivity contribution >= 4 is 23.2 Å². The number of nitrogens with zero attached hydrogens (tertiary/aromatic N) is 3. The highest BCUT2D eigenvalue weighted by Crippen LogP contribution is 2.24. The molecule has 2 aliphatic heterocycles. The lowest BCUT2D eigenvalue weighted by atomic mass is 10.1. The van der Waals surface area contributed by atoms with E-state index in [1.165, 1.54) is 6.42 Å². The number of rotatable bonds is 5. The van der Waals surface area contributed by atoms with Crippen LogP contribution in [-0.4, -0.2) is 67.9 Å². The van der Waals surface area contributed by atoms with Crippen molar-refractivity contribution in [2.75, 3.05) is 50.5 Å². The number of carbonyl (C=O) groups is 2. The van der Waals surface area contributed by atoms with E-state index in [9.17, 15) is 9.59 Å². The number of anilines is 2. The third-order valence-corrected chi connectivity index (χ3v) is 5.09. The fraction of sp³-hybridized carbons (Fsp3) is 0.579. The molecule has 0 aliphatic carbocycles. The van der Waals surface area contributed by atoms with Crippen LogP contribution in [0.15, 0.2) is 24.3 Å². The molecule has 0 radical (unpaired) electrons. The zero-order valence-electron chi connectivity index (χ0n) is 15.2. The second-order valence-electron chi connectivity index (χ2n) is 7.24. The Morgan fingerprint density at radius 3 is 2.84 bits per heavy atom. The van der Waals surface area contributed by atoms with E-state index >= 15 is 0 Å². The second kappa shape index (κ2) is 7.97. The molecule has 2 amide bonds. The lowest BCUT2D eigenvalue weighted by Gasteiger charge is -2.35. The highest BCUT2D eigenvalue weighted by Gasteiger charge is 2.24. The van der Waals surface area contributed by atoms with Crippen LogP contribution in [0.4, 0.5) is 11.4 Å². The Kier molecular flexibility index (Phi) is 5.71. The van der Waals surface area contributed by atoms with Crippen LogP contribution in [-0.2, 0) is 9.59 Å². The summed E-state index contributed by atoms with van der Waals surface area (Å²) in [5.74, 6) is 0.163. The van der Waals surface area contributed by atoms with E-state index in [2.05, 4.69) is 29.2 Å². The summed E-state index contributed by atoms with van der Waals surface area (Å²) in [6.07, 6.45) is 3.83. The summed E-state index contributed by atoms with van der Waals surface area (Å²) < 4.78 is 0. The number of likely N-dealkylation sites (N-methyl/N-ethyl adjacent to an activating group) is 1. The van der Waals surface area contributed by atoms with Gasteiger partial charge in [-0.15, -0.1) is 0 Å². The lowest BCUT2D eigenvalue weighted by Crippen LogP contribution is -2.47. The van der Waals surface area contributed by atoms with E-state index in [0.717, 1.165) is 43.9 Å². The first-order valence-electron chi connectivity index (χ1n) is 9.12. The van der Waals surface area contributed by atoms with E-state index in [-0.39, 0.29) is 11.8 Å². The predicted molar refractivity (Wildman–Crippen MR) is 99.8 cm³/mol. The van der Waals surface area contributed by atoms with Gasteiger partial charge in [0.15, 0.2) is 0 Å². The standard InChI is InChI=1S/C19H28N4O2/c1-21(2)17-8-4-10-22(13-17)14-18(24)20-15-6-3-7-16(12-15)23-11-5-9-19(23)25/h3,6-7,12,17H,4-5,8-11,13-14H2,1-2H3,(H,20,24)/t17-/m1/s1. The van der Waals surface area contributed by atoms with Gasteiger partial charge in [0, 0.05) is 36.9 Å². The molecule has 0 spiro atoms. The third-order valence-electron chi connectivity index (χ3n) is 5.09. The van der Waals surface area contributed by atoms with Crippen LogP contribution in [0.2, 0.25) is 0 Å². The molecule has 3 rings (SSSR count). The van der Waals surface area contributed by atoms with Crippen LogP contribution in [0.25, 0.3) is 0 Å². The van der Waals surface area contributed by atoms with Crippen LogP contribution in [0.1, 0.15) is 25.7 Å². The molecule has 6 nitrogen and oxygen atoms in total. The Morgan fingerprint density at radius 2 is 2.12 bits per heavy atom. The maximum absolute atomic E-state index is 12.4. The zero-order valence-corrected chi connectivity index (χ0v) is 15.2. The molecule has 2 aliphatic rings. The highest BCUT2D eigenvalue weighted by molar-refractivity contribution is 5.97. The molecule has 0 saturated carbocycles. The van der Waals surface area contributed by atoms with Crippen LogP contribution >= 0.6 is 0 Å². The van der Waals surface area contributed by atoms with Gasteiger partial charge >= 0.3 is 0 Å². The molecular weight excluding hydrogens is 316 g/mol. The molecule has 0 bridgehead atoms. The monoisotopic (exact) mass is 344 g/mol. The molecule has 6 heteroatoms. The molecule has 1 aromatic carbocycles. The maximum atomic E-state index is 12.4. The lowest BCUT2D eigenvalue weighted by molar-refractivity contribution is -0.118. The first kappa shape index (κ1) is 17.9. The van der Waals surface area contributed by atoms with Crippen LogP contribution in [0.3, 0.4) is 0 Å². The first-order chi connectivity index (χ1) is 12.0. The minimum absolute atomic E-state index is 0.00399. The summed E-state index contributed by atoms with van der Waals surface area (Å²) in [5.41, 5.74) is 1.62. The van der Waals surface area contributed by atoms with Crippen molar-refractivity contribution in [3.8, 4) is 0 Å². The Hall–Kier alpha value is -1.92. The molecule has 2 saturated heterocycles. The van der Waals surface area contributed by atoms with Gasteiger partial charge in [-0.25, -0.2) is 0 Å². The average molecular weight is 344 g/mol. The predicted octanol–water partition coefficient (Wildman–Crippen LogP) is 1.78. The number of likely N-dealkylation sites (tertiary alicyclic amines) is 1. The fourth-order valence-corrected chi connectivity index (χ4v) is 3.67. The van der Waals surface area contributed by atoms with Crippen molar-refractivity contribution in [1.29, 1.82) is 0 Å². The number of hydrogen-bond donors (Lipinski definition) is 1. The van der Waals surface area contributed by atoms with Crippen molar-refractivity contribution in [1.82, 2.24) is 9.80 Å². The van der Waals surface area contributed by atoms with Gasteiger partial charge in [0.05, 0.1) is 6.54 Å². The van der Waals surface area contributed by atoms with Gasteiger partial charge in [-0.1, -0.05) is 6.07 Å². The number of nitrogens with one attached hydrogen (secondary N) is 1. The SMILES string of the molecule is CN(C)[C@@H]1CCCN(CC(=O)Nc2cccc(N3CCCC3=O)c2)C1. The van der Waals surface area contributed by atoms with Crippen molar-refractivity contribution in [3.05, 3.63) is 24.3 Å². The van der Waals surface area contributed by atoms with Crippen molar-refractivity contribution in [2.45, 2.75) is 31.7 Å². The van der Waals surface area contributed by atoms with E-state index in [0.29, 0.717) is 19.0 Å². The minimum Gasteiger partial charge on any atom is -0.325 e. The molecular formula is C19H28N4O2. The summed E-state index contributed by atoms with van der Waals surface area (Å²) >= 11 is 0. The normalized spacial score (nSPS) is 21.8. The summed E-state index contributed by atoms with van der Waals surface area (Å²) in [6.45, 7) is 3.08. The quantitative estimate of drug-likeness (QED) is 0.885. The van der Waals surface area contributed by atoms with Gasteiger partial charge in [-0.3, -0.25) is 14.5 Å². The van der Waals surface area contributed by atoms with Gasteiger partial charge in [0.1, 0.15) is 0 Å². The second-order valence-corrected chi connectivity index (χ2v) is 7.24. The van der Waals surface area contributed by atoms with Gasteiger partial charge in [-0.05, 0) is 58.1 Å². The van der Waals surface area contributed by atoms with Crippen molar-refractivity contribution < 1.29 is 9.59 Å². The summed E-state index contributed by atoms with van der Waals surface area (Å²) in [4.78, 5) is 30.5. The van der Waals surface area contributed by atoms with E-state index < -0.39 is 0 Å². The molecule has 2 heterocycles. The average Bonchev–Trinajstić information content (AvgIpc) is 3.01. The molecule has 0 unspecified atom stereocenters. The highest BCUT2D eigenvalue weighted by atomic mass is 16.2. The fourth-order valence-electron chi connectivity index (χ4n) is 3.67. The van der Waals surface area contributed by atoms with E-state index in [1.54, 1.807) is 4.90 Å². The molecule has 136 valence electrons. The number of carbonyl (C=O) groups excluding carboxylic acids is 2. The van der Waals surface area contributed by atoms with E-state index in [4.69, 9.17) is 0 Å². The number of piperidine rings is 1. The number of amides is 2. The minimum atomic E-state index is 0.00399. The summed E-state index contributed by atoms with van der Waals surface area (Å²) in [6, 6.07) is 8.09. The largest absolute Gasteiger partial charge is 0.325 e. The molecule has 0 aromatic heterocycles. The molecule has 1 N–H and O–H groups in total. The smallest absolute Gasteiger partial charge is 0.238 e. The summed E-state index contributed by atoms with van der Waals surface area (Å²) in [7, 11) is 4.19. The van der Waals surface area contributed by atoms with E-state index in [1.807, 2.05) is 24.3 Å². The van der Waals surface area contributed by atoms with Crippen LogP contribution in [0.5, 0.6) is 0 Å². The van der Waals surface area contributed by atoms with Crippen molar-refractivity contribution in [2.24, 2.45) is 0 Å². The molecule has 25 heavy (non-hydrogen) atoms. The zero-order chi connectivity index (χ0) is 17.8. The Bertz CT molecular complexity index is 632. The Morgan fingerprint density at radius 1 is 1.28 bits per heavy atom. The third kappa shape index (κ3) is 4.58. The van der Waals surface area contributed by atoms with Crippen molar-refractivity contribution in [3.63, 3.8) is 0 Å².